The fourth-order valence-electron chi connectivity index (χ4n) is 1.60. The Morgan fingerprint density at radius 3 is 2.58 bits per heavy atom. The van der Waals surface area contributed by atoms with Crippen molar-refractivity contribution in [3.8, 4) is 0 Å². The van der Waals surface area contributed by atoms with Crippen molar-refractivity contribution in [1.82, 2.24) is 5.32 Å². The van der Waals surface area contributed by atoms with Gasteiger partial charge in [0.1, 0.15) is 5.82 Å². The Bertz CT molecular complexity index is 599. The SMILES string of the molecule is Nc1ccc(C(=O)NCc2cccc(Cl)c2F)cc1. The molecule has 0 aliphatic carbocycles. The third kappa shape index (κ3) is 3.23. The van der Waals surface area contributed by atoms with Gasteiger partial charge in [-0.15, -0.1) is 0 Å². The van der Waals surface area contributed by atoms with Crippen molar-refractivity contribution < 1.29 is 9.18 Å². The van der Waals surface area contributed by atoms with Gasteiger partial charge >= 0.3 is 0 Å². The maximum absolute atomic E-state index is 13.6. The van der Waals surface area contributed by atoms with Gasteiger partial charge in [0.05, 0.1) is 5.02 Å². The van der Waals surface area contributed by atoms with E-state index in [2.05, 4.69) is 5.32 Å². The van der Waals surface area contributed by atoms with E-state index >= 15 is 0 Å². The van der Waals surface area contributed by atoms with E-state index in [0.717, 1.165) is 0 Å². The summed E-state index contributed by atoms with van der Waals surface area (Å²) in [5.74, 6) is -0.804. The number of halogens is 2. The number of hydrogen-bond donors (Lipinski definition) is 2. The van der Waals surface area contributed by atoms with Crippen molar-refractivity contribution in [2.45, 2.75) is 6.54 Å². The van der Waals surface area contributed by atoms with Gasteiger partial charge in [0, 0.05) is 23.4 Å². The molecule has 0 aliphatic heterocycles. The van der Waals surface area contributed by atoms with Crippen molar-refractivity contribution >= 4 is 23.2 Å². The number of benzene rings is 2. The van der Waals surface area contributed by atoms with Crippen molar-refractivity contribution in [3.05, 3.63) is 64.4 Å². The minimum Gasteiger partial charge on any atom is -0.399 e. The van der Waals surface area contributed by atoms with E-state index < -0.39 is 5.82 Å². The van der Waals surface area contributed by atoms with Gasteiger partial charge in [-0.2, -0.15) is 0 Å². The molecule has 0 spiro atoms. The van der Waals surface area contributed by atoms with Crippen LogP contribution in [0.15, 0.2) is 42.5 Å². The number of rotatable bonds is 3. The molecule has 2 aromatic carbocycles. The predicted molar refractivity (Wildman–Crippen MR) is 73.4 cm³/mol. The van der Waals surface area contributed by atoms with Crippen LogP contribution in [0.25, 0.3) is 0 Å². The zero-order valence-electron chi connectivity index (χ0n) is 9.99. The lowest BCUT2D eigenvalue weighted by atomic mass is 10.1. The topological polar surface area (TPSA) is 55.1 Å². The van der Waals surface area contributed by atoms with Gasteiger partial charge in [0.15, 0.2) is 0 Å². The van der Waals surface area contributed by atoms with E-state index in [0.29, 0.717) is 16.8 Å². The maximum atomic E-state index is 13.6. The number of anilines is 1. The first-order chi connectivity index (χ1) is 9.08. The molecule has 5 heteroatoms. The van der Waals surface area contributed by atoms with Gasteiger partial charge in [-0.3, -0.25) is 4.79 Å². The van der Waals surface area contributed by atoms with Crippen molar-refractivity contribution in [2.75, 3.05) is 5.73 Å². The smallest absolute Gasteiger partial charge is 0.251 e. The molecule has 98 valence electrons. The van der Waals surface area contributed by atoms with Crippen LogP contribution in [0.1, 0.15) is 15.9 Å². The fourth-order valence-corrected chi connectivity index (χ4v) is 1.79. The minimum atomic E-state index is -0.512. The molecule has 0 bridgehead atoms. The highest BCUT2D eigenvalue weighted by molar-refractivity contribution is 6.30. The lowest BCUT2D eigenvalue weighted by Crippen LogP contribution is -2.23. The molecule has 0 saturated heterocycles. The number of nitrogen functional groups attached to an aromatic ring is 1. The Kier molecular flexibility index (Phi) is 4.02. The molecule has 2 rings (SSSR count). The number of nitrogens with two attached hydrogens (primary N) is 1. The van der Waals surface area contributed by atoms with Gasteiger partial charge in [-0.25, -0.2) is 4.39 Å². The molecule has 0 aromatic heterocycles. The zero-order valence-corrected chi connectivity index (χ0v) is 10.7. The van der Waals surface area contributed by atoms with Crippen LogP contribution in [0.5, 0.6) is 0 Å². The van der Waals surface area contributed by atoms with E-state index in [9.17, 15) is 9.18 Å². The molecule has 1 amide bonds. The molecule has 0 atom stereocenters. The summed E-state index contributed by atoms with van der Waals surface area (Å²) < 4.78 is 13.6. The first-order valence-corrected chi connectivity index (χ1v) is 6.02. The summed E-state index contributed by atoms with van der Waals surface area (Å²) in [6.45, 7) is 0.0790. The third-order valence-electron chi connectivity index (χ3n) is 2.64. The van der Waals surface area contributed by atoms with Crippen LogP contribution in [0.3, 0.4) is 0 Å². The largest absolute Gasteiger partial charge is 0.399 e. The average molecular weight is 279 g/mol. The molecular weight excluding hydrogens is 267 g/mol. The normalized spacial score (nSPS) is 10.2. The summed E-state index contributed by atoms with van der Waals surface area (Å²) in [6, 6.07) is 11.2. The Hall–Kier alpha value is -2.07. The number of hydrogen-bond acceptors (Lipinski definition) is 2. The summed E-state index contributed by atoms with van der Waals surface area (Å²) in [5.41, 5.74) is 6.93. The molecule has 0 aliphatic rings. The number of amides is 1. The second kappa shape index (κ2) is 5.71. The van der Waals surface area contributed by atoms with Crippen LogP contribution in [0.2, 0.25) is 5.02 Å². The standard InChI is InChI=1S/C14H12ClFN2O/c15-12-3-1-2-10(13(12)16)8-18-14(19)9-4-6-11(17)7-5-9/h1-7H,8,17H2,(H,18,19). The molecule has 0 unspecified atom stereocenters. The second-order valence-electron chi connectivity index (χ2n) is 4.02. The van der Waals surface area contributed by atoms with Crippen molar-refractivity contribution in [1.29, 1.82) is 0 Å². The second-order valence-corrected chi connectivity index (χ2v) is 4.42. The van der Waals surface area contributed by atoms with Crippen LogP contribution in [0, 0.1) is 5.82 Å². The number of nitrogens with one attached hydrogen (secondary N) is 1. The molecule has 3 nitrogen and oxygen atoms in total. The van der Waals surface area contributed by atoms with Crippen LogP contribution in [-0.4, -0.2) is 5.91 Å². The van der Waals surface area contributed by atoms with E-state index in [1.165, 1.54) is 6.07 Å². The molecule has 0 radical (unpaired) electrons. The molecule has 0 heterocycles. The zero-order chi connectivity index (χ0) is 13.8. The first kappa shape index (κ1) is 13.4. The van der Waals surface area contributed by atoms with Crippen LogP contribution in [0.4, 0.5) is 10.1 Å². The lowest BCUT2D eigenvalue weighted by molar-refractivity contribution is 0.0950. The van der Waals surface area contributed by atoms with E-state index in [1.54, 1.807) is 36.4 Å². The number of carbonyl (C=O) groups is 1. The highest BCUT2D eigenvalue weighted by Gasteiger charge is 2.09. The molecule has 19 heavy (non-hydrogen) atoms. The third-order valence-corrected chi connectivity index (χ3v) is 2.94. The van der Waals surface area contributed by atoms with Crippen molar-refractivity contribution in [2.24, 2.45) is 0 Å². The Morgan fingerprint density at radius 2 is 1.89 bits per heavy atom. The quantitative estimate of drug-likeness (QED) is 0.848. The molecule has 3 N–H and O–H groups in total. The maximum Gasteiger partial charge on any atom is 0.251 e. The Morgan fingerprint density at radius 1 is 1.21 bits per heavy atom. The monoisotopic (exact) mass is 278 g/mol. The van der Waals surface area contributed by atoms with Gasteiger partial charge in [0.25, 0.3) is 5.91 Å². The Balaban J connectivity index is 2.04. The van der Waals surface area contributed by atoms with Crippen LogP contribution < -0.4 is 11.1 Å². The van der Waals surface area contributed by atoms with Gasteiger partial charge in [-0.1, -0.05) is 23.7 Å². The first-order valence-electron chi connectivity index (χ1n) is 5.64. The summed E-state index contributed by atoms with van der Waals surface area (Å²) >= 11 is 5.66. The molecular formula is C14H12ClFN2O. The fraction of sp³-hybridized carbons (Fsp3) is 0.0714. The average Bonchev–Trinajstić information content (AvgIpc) is 2.41. The molecule has 0 saturated carbocycles. The van der Waals surface area contributed by atoms with Crippen LogP contribution >= 0.6 is 11.6 Å². The number of carbonyl (C=O) groups excluding carboxylic acids is 1. The summed E-state index contributed by atoms with van der Waals surface area (Å²) in [7, 11) is 0. The minimum absolute atomic E-state index is 0.0410. The van der Waals surface area contributed by atoms with E-state index in [1.807, 2.05) is 0 Å². The lowest BCUT2D eigenvalue weighted by Gasteiger charge is -2.07. The van der Waals surface area contributed by atoms with Gasteiger partial charge < -0.3 is 11.1 Å². The van der Waals surface area contributed by atoms with Gasteiger partial charge in [0.2, 0.25) is 0 Å². The summed E-state index contributed by atoms with van der Waals surface area (Å²) in [6.07, 6.45) is 0. The Labute approximate surface area is 115 Å². The van der Waals surface area contributed by atoms with E-state index in [4.69, 9.17) is 17.3 Å². The highest BCUT2D eigenvalue weighted by atomic mass is 35.5. The van der Waals surface area contributed by atoms with E-state index in [-0.39, 0.29) is 17.5 Å². The predicted octanol–water partition coefficient (Wildman–Crippen LogP) is 2.99. The highest BCUT2D eigenvalue weighted by Crippen LogP contribution is 2.17. The molecule has 2 aromatic rings. The van der Waals surface area contributed by atoms with Crippen LogP contribution in [-0.2, 0) is 6.54 Å². The van der Waals surface area contributed by atoms with Gasteiger partial charge in [-0.05, 0) is 30.3 Å². The molecule has 0 fully saturated rings. The summed E-state index contributed by atoms with van der Waals surface area (Å²) in [4.78, 5) is 11.8. The summed E-state index contributed by atoms with van der Waals surface area (Å²) in [5, 5.41) is 2.67. The van der Waals surface area contributed by atoms with Crippen molar-refractivity contribution in [3.63, 3.8) is 0 Å².